The van der Waals surface area contributed by atoms with Crippen LogP contribution in [0.25, 0.3) is 11.4 Å². The van der Waals surface area contributed by atoms with E-state index in [2.05, 4.69) is 16.9 Å². The average molecular weight is 421 g/mol. The molecule has 5 heteroatoms. The molecular weight excluding hydrogens is 385 g/mol. The molecule has 1 atom stereocenters. The van der Waals surface area contributed by atoms with Gasteiger partial charge >= 0.3 is 0 Å². The van der Waals surface area contributed by atoms with Gasteiger partial charge in [0.2, 0.25) is 0 Å². The van der Waals surface area contributed by atoms with Gasteiger partial charge in [-0.25, -0.2) is 23.1 Å². The second-order valence-electron chi connectivity index (χ2n) is 8.21. The van der Waals surface area contributed by atoms with Crippen LogP contribution in [-0.2, 0) is 12.8 Å². The zero-order chi connectivity index (χ0) is 21.8. The van der Waals surface area contributed by atoms with E-state index in [4.69, 9.17) is 0 Å². The third kappa shape index (κ3) is 8.08. The first-order valence-corrected chi connectivity index (χ1v) is 11.4. The molecule has 0 bridgehead atoms. The zero-order valence-electron chi connectivity index (χ0n) is 18.4. The van der Waals surface area contributed by atoms with Crippen LogP contribution in [0.3, 0.4) is 0 Å². The number of unbranched alkanes of at least 4 members (excludes halogenated alkanes) is 7. The summed E-state index contributed by atoms with van der Waals surface area (Å²) in [7, 11) is 0. The fourth-order valence-corrected chi connectivity index (χ4v) is 3.61. The molecule has 0 aliphatic heterocycles. The molecule has 0 N–H and O–H groups in total. The summed E-state index contributed by atoms with van der Waals surface area (Å²) in [5, 5.41) is 0. The Morgan fingerprint density at radius 2 is 1.43 bits per heavy atom. The maximum atomic E-state index is 14.5. The summed E-state index contributed by atoms with van der Waals surface area (Å²) in [6.07, 6.45) is 14.6. The number of alkyl halides is 1. The van der Waals surface area contributed by atoms with Gasteiger partial charge in [-0.1, -0.05) is 57.9 Å². The zero-order valence-corrected chi connectivity index (χ0v) is 18.4. The fraction of sp³-hybridized carbons (Fsp3) is 0.600. The highest BCUT2D eigenvalue weighted by Crippen LogP contribution is 2.25. The smallest absolute Gasteiger partial charge is 0.170 e. The van der Waals surface area contributed by atoms with Crippen molar-refractivity contribution in [3.63, 3.8) is 0 Å². The fourth-order valence-electron chi connectivity index (χ4n) is 3.61. The molecule has 0 aliphatic carbocycles. The van der Waals surface area contributed by atoms with Crippen LogP contribution in [0.5, 0.6) is 0 Å². The highest BCUT2D eigenvalue weighted by atomic mass is 19.2. The Kier molecular flexibility index (Phi) is 10.9. The lowest BCUT2D eigenvalue weighted by Gasteiger charge is -2.09. The van der Waals surface area contributed by atoms with E-state index in [1.165, 1.54) is 57.9 Å². The van der Waals surface area contributed by atoms with Crippen molar-refractivity contribution >= 4 is 0 Å². The molecule has 0 fully saturated rings. The summed E-state index contributed by atoms with van der Waals surface area (Å²) in [5.74, 6) is -1.63. The molecule has 0 amide bonds. The number of halogens is 3. The van der Waals surface area contributed by atoms with Crippen molar-refractivity contribution in [2.45, 2.75) is 97.1 Å². The molecule has 1 heterocycles. The van der Waals surface area contributed by atoms with Crippen LogP contribution in [0.1, 0.15) is 89.2 Å². The van der Waals surface area contributed by atoms with Crippen molar-refractivity contribution < 1.29 is 13.2 Å². The molecule has 166 valence electrons. The normalized spacial score (nSPS) is 12.3. The summed E-state index contributed by atoms with van der Waals surface area (Å²) in [6.45, 7) is 3.69. The number of aryl methyl sites for hydroxylation is 2. The summed E-state index contributed by atoms with van der Waals surface area (Å²) in [4.78, 5) is 8.49. The molecule has 0 saturated carbocycles. The number of hydrogen-bond acceptors (Lipinski definition) is 2. The first-order chi connectivity index (χ1) is 14.5. The van der Waals surface area contributed by atoms with Crippen molar-refractivity contribution in [1.82, 2.24) is 9.97 Å². The van der Waals surface area contributed by atoms with Gasteiger partial charge in [0.05, 0.1) is 11.7 Å². The van der Waals surface area contributed by atoms with Gasteiger partial charge in [0.1, 0.15) is 0 Å². The van der Waals surface area contributed by atoms with Crippen molar-refractivity contribution in [2.24, 2.45) is 0 Å². The van der Waals surface area contributed by atoms with E-state index in [0.717, 1.165) is 18.4 Å². The predicted molar refractivity (Wildman–Crippen MR) is 117 cm³/mol. The van der Waals surface area contributed by atoms with E-state index in [1.54, 1.807) is 18.5 Å². The third-order valence-corrected chi connectivity index (χ3v) is 5.48. The number of hydrogen-bond donors (Lipinski definition) is 0. The standard InChI is InChI=1S/C25H35F3N2/c1-3-4-5-6-7-8-9-10-13-20-17-29-25(30-18-20)22-16-15-21(23(27)24(22)28)14-11-12-19(2)26/h15-19H,3-14H2,1-2H3. The Bertz CT molecular complexity index is 745. The quantitative estimate of drug-likeness (QED) is 0.292. The molecule has 0 radical (unpaired) electrons. The van der Waals surface area contributed by atoms with Crippen LogP contribution < -0.4 is 0 Å². The van der Waals surface area contributed by atoms with Crippen LogP contribution in [0, 0.1) is 11.6 Å². The van der Waals surface area contributed by atoms with Gasteiger partial charge in [0.25, 0.3) is 0 Å². The number of nitrogens with zero attached hydrogens (tertiary/aromatic N) is 2. The van der Waals surface area contributed by atoms with Gasteiger partial charge in [-0.2, -0.15) is 0 Å². The molecule has 2 rings (SSSR count). The van der Waals surface area contributed by atoms with Crippen LogP contribution in [0.2, 0.25) is 0 Å². The maximum absolute atomic E-state index is 14.5. The molecule has 30 heavy (non-hydrogen) atoms. The Labute approximate surface area is 179 Å². The minimum absolute atomic E-state index is 0.0636. The monoisotopic (exact) mass is 420 g/mol. The highest BCUT2D eigenvalue weighted by Gasteiger charge is 2.16. The van der Waals surface area contributed by atoms with Gasteiger partial charge in [-0.3, -0.25) is 0 Å². The van der Waals surface area contributed by atoms with Crippen molar-refractivity contribution in [3.8, 4) is 11.4 Å². The lowest BCUT2D eigenvalue weighted by molar-refractivity contribution is 0.333. The SMILES string of the molecule is CCCCCCCCCCc1cnc(-c2ccc(CCCC(C)F)c(F)c2F)nc1. The maximum Gasteiger partial charge on any atom is 0.170 e. The lowest BCUT2D eigenvalue weighted by Crippen LogP contribution is -2.01. The summed E-state index contributed by atoms with van der Waals surface area (Å²) >= 11 is 0. The molecule has 0 saturated heterocycles. The molecule has 1 aromatic heterocycles. The highest BCUT2D eigenvalue weighted by molar-refractivity contribution is 5.56. The van der Waals surface area contributed by atoms with Crippen LogP contribution >= 0.6 is 0 Å². The number of rotatable bonds is 14. The van der Waals surface area contributed by atoms with Gasteiger partial charge in [-0.05, 0) is 56.2 Å². The molecule has 0 aliphatic rings. The van der Waals surface area contributed by atoms with E-state index in [1.807, 2.05) is 0 Å². The van der Waals surface area contributed by atoms with E-state index in [9.17, 15) is 13.2 Å². The van der Waals surface area contributed by atoms with Crippen LogP contribution in [-0.4, -0.2) is 16.1 Å². The molecule has 1 aromatic carbocycles. The second-order valence-corrected chi connectivity index (χ2v) is 8.21. The predicted octanol–water partition coefficient (Wildman–Crippen LogP) is 7.79. The summed E-state index contributed by atoms with van der Waals surface area (Å²) in [5.41, 5.74) is 1.35. The molecule has 1 unspecified atom stereocenters. The largest absolute Gasteiger partial charge is 0.248 e. The van der Waals surface area contributed by atoms with Crippen molar-refractivity contribution in [2.75, 3.05) is 0 Å². The van der Waals surface area contributed by atoms with Gasteiger partial charge in [-0.15, -0.1) is 0 Å². The molecule has 0 spiro atoms. The van der Waals surface area contributed by atoms with E-state index < -0.39 is 17.8 Å². The second kappa shape index (κ2) is 13.4. The first-order valence-electron chi connectivity index (χ1n) is 11.4. The number of benzene rings is 1. The number of aromatic nitrogens is 2. The Morgan fingerprint density at radius 3 is 2.07 bits per heavy atom. The van der Waals surface area contributed by atoms with Crippen LogP contribution in [0.4, 0.5) is 13.2 Å². The molecule has 2 aromatic rings. The van der Waals surface area contributed by atoms with E-state index in [0.29, 0.717) is 19.3 Å². The summed E-state index contributed by atoms with van der Waals surface area (Å²) in [6, 6.07) is 3.06. The Morgan fingerprint density at radius 1 is 0.800 bits per heavy atom. The van der Waals surface area contributed by atoms with E-state index >= 15 is 0 Å². The van der Waals surface area contributed by atoms with E-state index in [-0.39, 0.29) is 17.0 Å². The van der Waals surface area contributed by atoms with Gasteiger partial charge < -0.3 is 0 Å². The molecule has 2 nitrogen and oxygen atoms in total. The Balaban J connectivity index is 1.84. The minimum Gasteiger partial charge on any atom is -0.248 e. The molecular formula is C25H35F3N2. The summed E-state index contributed by atoms with van der Waals surface area (Å²) < 4.78 is 41.8. The average Bonchev–Trinajstić information content (AvgIpc) is 2.73. The van der Waals surface area contributed by atoms with Crippen molar-refractivity contribution in [3.05, 3.63) is 47.3 Å². The van der Waals surface area contributed by atoms with Gasteiger partial charge in [0, 0.05) is 12.4 Å². The lowest BCUT2D eigenvalue weighted by atomic mass is 10.0. The van der Waals surface area contributed by atoms with Crippen molar-refractivity contribution in [1.29, 1.82) is 0 Å². The first kappa shape index (κ1) is 24.4. The Hall–Kier alpha value is -1.91. The minimum atomic E-state index is -0.935. The van der Waals surface area contributed by atoms with Gasteiger partial charge in [0.15, 0.2) is 17.5 Å². The third-order valence-electron chi connectivity index (χ3n) is 5.48. The van der Waals surface area contributed by atoms with Crippen LogP contribution in [0.15, 0.2) is 24.5 Å². The topological polar surface area (TPSA) is 25.8 Å².